The maximum absolute atomic E-state index is 11.6. The lowest BCUT2D eigenvalue weighted by atomic mass is 10.2. The van der Waals surface area contributed by atoms with Gasteiger partial charge < -0.3 is 0 Å². The van der Waals surface area contributed by atoms with Gasteiger partial charge in [0, 0.05) is 10.5 Å². The van der Waals surface area contributed by atoms with Crippen LogP contribution in [-0.4, -0.2) is 14.5 Å². The summed E-state index contributed by atoms with van der Waals surface area (Å²) in [4.78, 5) is 0. The van der Waals surface area contributed by atoms with Crippen molar-refractivity contribution in [3.63, 3.8) is 0 Å². The molecule has 0 saturated heterocycles. The van der Waals surface area contributed by atoms with E-state index in [-0.39, 0.29) is 17.3 Å². The highest BCUT2D eigenvalue weighted by Crippen LogP contribution is 2.21. The Balaban J connectivity index is 3.03. The van der Waals surface area contributed by atoms with Crippen molar-refractivity contribution in [1.29, 1.82) is 5.26 Å². The fraction of sp³-hybridized carbons (Fsp3) is 0.300. The summed E-state index contributed by atoms with van der Waals surface area (Å²) in [5.41, 5.74) is 0.511. The Hall–Kier alpha value is -1.10. The third-order valence-electron chi connectivity index (χ3n) is 1.74. The molecule has 5 nitrogen and oxygen atoms in total. The number of anilines is 1. The summed E-state index contributed by atoms with van der Waals surface area (Å²) >= 11 is 3.22. The Morgan fingerprint density at radius 2 is 2.06 bits per heavy atom. The summed E-state index contributed by atoms with van der Waals surface area (Å²) in [6, 6.07) is 6.46. The summed E-state index contributed by atoms with van der Waals surface area (Å²) in [5.74, 6) is 0. The molecule has 0 heterocycles. The van der Waals surface area contributed by atoms with Crippen LogP contribution in [0.2, 0.25) is 0 Å². The minimum absolute atomic E-state index is 0.217. The zero-order valence-electron chi connectivity index (χ0n) is 9.36. The van der Waals surface area contributed by atoms with E-state index in [4.69, 9.17) is 5.26 Å². The van der Waals surface area contributed by atoms with Gasteiger partial charge in [0.25, 0.3) is 10.2 Å². The van der Waals surface area contributed by atoms with Gasteiger partial charge in [-0.2, -0.15) is 18.4 Å². The highest BCUT2D eigenvalue weighted by molar-refractivity contribution is 9.10. The Morgan fingerprint density at radius 1 is 1.41 bits per heavy atom. The second-order valence-electron chi connectivity index (χ2n) is 3.68. The van der Waals surface area contributed by atoms with Crippen molar-refractivity contribution in [2.45, 2.75) is 19.9 Å². The molecule has 0 aromatic heterocycles. The minimum atomic E-state index is -3.66. The lowest BCUT2D eigenvalue weighted by Crippen LogP contribution is -2.35. The molecule has 0 saturated carbocycles. The predicted octanol–water partition coefficient (Wildman–Crippen LogP) is 1.98. The van der Waals surface area contributed by atoms with Crippen LogP contribution in [0, 0.1) is 11.3 Å². The van der Waals surface area contributed by atoms with Crippen molar-refractivity contribution in [2.24, 2.45) is 0 Å². The number of halogens is 1. The zero-order valence-corrected chi connectivity index (χ0v) is 11.8. The van der Waals surface area contributed by atoms with Crippen LogP contribution in [-0.2, 0) is 10.2 Å². The van der Waals surface area contributed by atoms with E-state index in [1.807, 2.05) is 6.07 Å². The highest BCUT2D eigenvalue weighted by Gasteiger charge is 2.13. The normalized spacial score (nSPS) is 11.2. The van der Waals surface area contributed by atoms with Gasteiger partial charge in [-0.3, -0.25) is 4.72 Å². The first-order chi connectivity index (χ1) is 7.84. The van der Waals surface area contributed by atoms with Gasteiger partial charge in [0.05, 0.1) is 11.3 Å². The standard InChI is InChI=1S/C10H12BrN3O2S/c1-7(2)13-17(15,16)14-10-5-9(11)4-3-8(10)6-12/h3-5,7,13-14H,1-2H3. The smallest absolute Gasteiger partial charge is 0.270 e. The van der Waals surface area contributed by atoms with E-state index in [2.05, 4.69) is 25.4 Å². The molecule has 17 heavy (non-hydrogen) atoms. The number of benzene rings is 1. The molecule has 0 fully saturated rings. The average molecular weight is 318 g/mol. The van der Waals surface area contributed by atoms with Gasteiger partial charge in [-0.1, -0.05) is 15.9 Å². The molecule has 0 aliphatic carbocycles. The third kappa shape index (κ3) is 4.34. The number of hydrogen-bond donors (Lipinski definition) is 2. The highest BCUT2D eigenvalue weighted by atomic mass is 79.9. The Morgan fingerprint density at radius 3 is 2.59 bits per heavy atom. The monoisotopic (exact) mass is 317 g/mol. The fourth-order valence-corrected chi connectivity index (χ4v) is 2.68. The number of nitriles is 1. The van der Waals surface area contributed by atoms with E-state index >= 15 is 0 Å². The summed E-state index contributed by atoms with van der Waals surface area (Å²) in [6.45, 7) is 3.43. The first kappa shape index (κ1) is 14.0. The topological polar surface area (TPSA) is 82.0 Å². The number of rotatable bonds is 4. The second kappa shape index (κ2) is 5.49. The zero-order chi connectivity index (χ0) is 13.1. The molecule has 0 radical (unpaired) electrons. The van der Waals surface area contributed by atoms with Crippen molar-refractivity contribution >= 4 is 31.8 Å². The van der Waals surface area contributed by atoms with Gasteiger partial charge in [-0.15, -0.1) is 0 Å². The summed E-state index contributed by atoms with van der Waals surface area (Å²) in [6.07, 6.45) is 0. The van der Waals surface area contributed by atoms with Crippen LogP contribution < -0.4 is 9.44 Å². The molecular formula is C10H12BrN3O2S. The number of hydrogen-bond acceptors (Lipinski definition) is 3. The molecule has 0 bridgehead atoms. The average Bonchev–Trinajstić information content (AvgIpc) is 2.14. The Bertz CT molecular complexity index is 549. The molecule has 0 amide bonds. The minimum Gasteiger partial charge on any atom is -0.270 e. The first-order valence-corrected chi connectivity index (χ1v) is 7.11. The largest absolute Gasteiger partial charge is 0.299 e. The maximum Gasteiger partial charge on any atom is 0.299 e. The van der Waals surface area contributed by atoms with Crippen molar-refractivity contribution in [3.8, 4) is 6.07 Å². The number of nitrogens with one attached hydrogen (secondary N) is 2. The molecule has 0 spiro atoms. The van der Waals surface area contributed by atoms with Crippen LogP contribution in [0.15, 0.2) is 22.7 Å². The fourth-order valence-electron chi connectivity index (χ4n) is 1.18. The molecule has 0 atom stereocenters. The SMILES string of the molecule is CC(C)NS(=O)(=O)Nc1cc(Br)ccc1C#N. The lowest BCUT2D eigenvalue weighted by Gasteiger charge is -2.12. The van der Waals surface area contributed by atoms with E-state index in [0.29, 0.717) is 4.47 Å². The molecule has 7 heteroatoms. The van der Waals surface area contributed by atoms with Crippen molar-refractivity contribution in [2.75, 3.05) is 4.72 Å². The van der Waals surface area contributed by atoms with E-state index < -0.39 is 10.2 Å². The first-order valence-electron chi connectivity index (χ1n) is 4.84. The molecular weight excluding hydrogens is 306 g/mol. The summed E-state index contributed by atoms with van der Waals surface area (Å²) in [7, 11) is -3.66. The predicted molar refractivity (Wildman–Crippen MR) is 69.7 cm³/mol. The molecule has 0 aliphatic rings. The van der Waals surface area contributed by atoms with Gasteiger partial charge in [-0.05, 0) is 32.0 Å². The van der Waals surface area contributed by atoms with Crippen LogP contribution in [0.4, 0.5) is 5.69 Å². The van der Waals surface area contributed by atoms with E-state index in [9.17, 15) is 8.42 Å². The van der Waals surface area contributed by atoms with Gasteiger partial charge >= 0.3 is 0 Å². The van der Waals surface area contributed by atoms with Crippen LogP contribution in [0.5, 0.6) is 0 Å². The van der Waals surface area contributed by atoms with Crippen molar-refractivity contribution in [3.05, 3.63) is 28.2 Å². The Kier molecular flexibility index (Phi) is 4.51. The van der Waals surface area contributed by atoms with Gasteiger partial charge in [0.1, 0.15) is 6.07 Å². The van der Waals surface area contributed by atoms with Gasteiger partial charge in [0.15, 0.2) is 0 Å². The van der Waals surface area contributed by atoms with Crippen LogP contribution in [0.3, 0.4) is 0 Å². The molecule has 2 N–H and O–H groups in total. The van der Waals surface area contributed by atoms with Crippen LogP contribution in [0.25, 0.3) is 0 Å². The molecule has 1 aromatic rings. The third-order valence-corrected chi connectivity index (χ3v) is 3.50. The molecule has 1 rings (SSSR count). The Labute approximate surface area is 109 Å². The number of nitrogens with zero attached hydrogens (tertiary/aromatic N) is 1. The second-order valence-corrected chi connectivity index (χ2v) is 6.04. The van der Waals surface area contributed by atoms with Crippen LogP contribution in [0.1, 0.15) is 19.4 Å². The molecule has 92 valence electrons. The van der Waals surface area contributed by atoms with Gasteiger partial charge in [-0.25, -0.2) is 0 Å². The lowest BCUT2D eigenvalue weighted by molar-refractivity contribution is 0.575. The molecule has 0 aliphatic heterocycles. The van der Waals surface area contributed by atoms with Crippen molar-refractivity contribution in [1.82, 2.24) is 4.72 Å². The molecule has 1 aromatic carbocycles. The quantitative estimate of drug-likeness (QED) is 0.890. The van der Waals surface area contributed by atoms with Crippen molar-refractivity contribution < 1.29 is 8.42 Å². The summed E-state index contributed by atoms with van der Waals surface area (Å²) in [5, 5.41) is 8.87. The van der Waals surface area contributed by atoms with E-state index in [1.165, 1.54) is 12.1 Å². The maximum atomic E-state index is 11.6. The van der Waals surface area contributed by atoms with E-state index in [0.717, 1.165) is 0 Å². The van der Waals surface area contributed by atoms with Gasteiger partial charge in [0.2, 0.25) is 0 Å². The molecule has 0 unspecified atom stereocenters. The van der Waals surface area contributed by atoms with E-state index in [1.54, 1.807) is 19.9 Å². The summed E-state index contributed by atoms with van der Waals surface area (Å²) < 4.78 is 28.7. The van der Waals surface area contributed by atoms with Crippen LogP contribution >= 0.6 is 15.9 Å².